The number of carbonyl (C=O) groups excluding carboxylic acids is 1. The first-order chi connectivity index (χ1) is 12.5. The van der Waals surface area contributed by atoms with Gasteiger partial charge in [-0.1, -0.05) is 18.9 Å². The van der Waals surface area contributed by atoms with E-state index in [1.165, 1.54) is 0 Å². The Morgan fingerprint density at radius 3 is 2.73 bits per heavy atom. The van der Waals surface area contributed by atoms with Crippen LogP contribution in [-0.4, -0.2) is 33.1 Å². The fourth-order valence-electron chi connectivity index (χ4n) is 3.11. The number of benzene rings is 1. The molecular formula is C19H23ClN4O2. The van der Waals surface area contributed by atoms with Crippen LogP contribution in [0.2, 0.25) is 5.28 Å². The van der Waals surface area contributed by atoms with Crippen molar-refractivity contribution in [1.29, 1.82) is 0 Å². The summed E-state index contributed by atoms with van der Waals surface area (Å²) in [6, 6.07) is 5.38. The molecule has 2 atom stereocenters. The molecule has 0 aliphatic heterocycles. The van der Waals surface area contributed by atoms with E-state index in [1.807, 2.05) is 19.1 Å². The number of aryl methyl sites for hydroxylation is 1. The predicted molar refractivity (Wildman–Crippen MR) is 101 cm³/mol. The Bertz CT molecular complexity index is 767. The largest absolute Gasteiger partial charge is 0.391 e. The number of aliphatic hydroxyl groups excluding tert-OH is 1. The number of rotatable bonds is 5. The van der Waals surface area contributed by atoms with Crippen LogP contribution in [0.1, 0.15) is 47.2 Å². The molecular weight excluding hydrogens is 352 g/mol. The number of nitrogens with one attached hydrogen (secondary N) is 2. The molecule has 1 aromatic carbocycles. The highest BCUT2D eigenvalue weighted by molar-refractivity contribution is 6.28. The van der Waals surface area contributed by atoms with Crippen molar-refractivity contribution in [2.75, 3.05) is 5.32 Å². The minimum Gasteiger partial charge on any atom is -0.391 e. The molecule has 3 rings (SSSR count). The van der Waals surface area contributed by atoms with Gasteiger partial charge in [0.15, 0.2) is 0 Å². The van der Waals surface area contributed by atoms with Gasteiger partial charge in [0.2, 0.25) is 5.28 Å². The van der Waals surface area contributed by atoms with E-state index >= 15 is 0 Å². The first-order valence-electron chi connectivity index (χ1n) is 8.83. The number of anilines is 1. The van der Waals surface area contributed by atoms with Gasteiger partial charge in [0.1, 0.15) is 0 Å². The summed E-state index contributed by atoms with van der Waals surface area (Å²) >= 11 is 5.70. The number of amides is 1. The molecule has 0 bridgehead atoms. The average molecular weight is 375 g/mol. The molecule has 0 spiro atoms. The normalized spacial score (nSPS) is 19.8. The Hall–Kier alpha value is -2.18. The SMILES string of the molecule is Cc1ccc(C(=O)N[C@H]2CCCC[C@@H]2O)cc1NCc1cnc(Cl)nc1. The summed E-state index contributed by atoms with van der Waals surface area (Å²) < 4.78 is 0. The summed E-state index contributed by atoms with van der Waals surface area (Å²) in [6.45, 7) is 2.51. The topological polar surface area (TPSA) is 87.1 Å². The maximum Gasteiger partial charge on any atom is 0.251 e. The van der Waals surface area contributed by atoms with E-state index in [2.05, 4.69) is 20.6 Å². The summed E-state index contributed by atoms with van der Waals surface area (Å²) in [7, 11) is 0. The van der Waals surface area contributed by atoms with E-state index in [-0.39, 0.29) is 17.2 Å². The lowest BCUT2D eigenvalue weighted by atomic mass is 9.92. The molecule has 1 aliphatic carbocycles. The van der Waals surface area contributed by atoms with E-state index in [9.17, 15) is 9.90 Å². The number of carbonyl (C=O) groups is 1. The smallest absolute Gasteiger partial charge is 0.251 e. The molecule has 138 valence electrons. The van der Waals surface area contributed by atoms with Crippen LogP contribution in [0.4, 0.5) is 5.69 Å². The highest BCUT2D eigenvalue weighted by atomic mass is 35.5. The van der Waals surface area contributed by atoms with Crippen LogP contribution in [0.25, 0.3) is 0 Å². The average Bonchev–Trinajstić information content (AvgIpc) is 2.64. The fourth-order valence-corrected chi connectivity index (χ4v) is 3.21. The second kappa shape index (κ2) is 8.47. The lowest BCUT2D eigenvalue weighted by molar-refractivity contribution is 0.0717. The molecule has 1 fully saturated rings. The van der Waals surface area contributed by atoms with Crippen LogP contribution in [0.5, 0.6) is 0 Å². The van der Waals surface area contributed by atoms with Gasteiger partial charge in [0.25, 0.3) is 5.91 Å². The number of halogens is 1. The Kier molecular flexibility index (Phi) is 6.06. The van der Waals surface area contributed by atoms with Gasteiger partial charge in [-0.2, -0.15) is 0 Å². The van der Waals surface area contributed by atoms with Gasteiger partial charge in [0.05, 0.1) is 12.1 Å². The second-order valence-electron chi connectivity index (χ2n) is 6.68. The number of hydrogen-bond donors (Lipinski definition) is 3. The molecule has 0 unspecified atom stereocenters. The molecule has 0 radical (unpaired) electrons. The molecule has 1 saturated carbocycles. The van der Waals surface area contributed by atoms with Crippen LogP contribution in [0, 0.1) is 6.92 Å². The van der Waals surface area contributed by atoms with Crippen LogP contribution < -0.4 is 10.6 Å². The lowest BCUT2D eigenvalue weighted by Crippen LogP contribution is -2.45. The van der Waals surface area contributed by atoms with Crippen molar-refractivity contribution in [3.63, 3.8) is 0 Å². The number of aromatic nitrogens is 2. The zero-order valence-corrected chi connectivity index (χ0v) is 15.5. The molecule has 1 heterocycles. The third kappa shape index (κ3) is 4.71. The van der Waals surface area contributed by atoms with Gasteiger partial charge in [-0.3, -0.25) is 4.79 Å². The predicted octanol–water partition coefficient (Wildman–Crippen LogP) is 3.08. The Morgan fingerprint density at radius 1 is 1.27 bits per heavy atom. The third-order valence-corrected chi connectivity index (χ3v) is 4.90. The molecule has 7 heteroatoms. The summed E-state index contributed by atoms with van der Waals surface area (Å²) in [5, 5.41) is 16.5. The monoisotopic (exact) mass is 374 g/mol. The molecule has 26 heavy (non-hydrogen) atoms. The molecule has 6 nitrogen and oxygen atoms in total. The maximum absolute atomic E-state index is 12.5. The quantitative estimate of drug-likeness (QED) is 0.700. The summed E-state index contributed by atoms with van der Waals surface area (Å²) in [4.78, 5) is 20.5. The fraction of sp³-hybridized carbons (Fsp3) is 0.421. The van der Waals surface area contributed by atoms with Gasteiger partial charge in [-0.15, -0.1) is 0 Å². The van der Waals surface area contributed by atoms with Gasteiger partial charge >= 0.3 is 0 Å². The van der Waals surface area contributed by atoms with E-state index in [0.717, 1.165) is 42.5 Å². The van der Waals surface area contributed by atoms with Crippen molar-refractivity contribution in [2.45, 2.75) is 51.3 Å². The molecule has 1 aromatic heterocycles. The number of nitrogens with zero attached hydrogens (tertiary/aromatic N) is 2. The molecule has 3 N–H and O–H groups in total. The molecule has 0 saturated heterocycles. The second-order valence-corrected chi connectivity index (χ2v) is 7.01. The van der Waals surface area contributed by atoms with E-state index in [1.54, 1.807) is 18.5 Å². The van der Waals surface area contributed by atoms with Gasteiger partial charge in [-0.25, -0.2) is 9.97 Å². The third-order valence-electron chi connectivity index (χ3n) is 4.70. The number of hydrogen-bond acceptors (Lipinski definition) is 5. The summed E-state index contributed by atoms with van der Waals surface area (Å²) in [5.41, 5.74) is 3.38. The van der Waals surface area contributed by atoms with Crippen molar-refractivity contribution in [1.82, 2.24) is 15.3 Å². The summed E-state index contributed by atoms with van der Waals surface area (Å²) in [6.07, 6.45) is 6.49. The van der Waals surface area contributed by atoms with Crippen molar-refractivity contribution >= 4 is 23.2 Å². The van der Waals surface area contributed by atoms with Crippen LogP contribution in [0.15, 0.2) is 30.6 Å². The highest BCUT2D eigenvalue weighted by Crippen LogP contribution is 2.21. The molecule has 1 amide bonds. The van der Waals surface area contributed by atoms with Crippen molar-refractivity contribution in [2.24, 2.45) is 0 Å². The Morgan fingerprint density at radius 2 is 2.00 bits per heavy atom. The minimum absolute atomic E-state index is 0.158. The van der Waals surface area contributed by atoms with Crippen LogP contribution in [0.3, 0.4) is 0 Å². The van der Waals surface area contributed by atoms with Crippen molar-refractivity contribution < 1.29 is 9.90 Å². The minimum atomic E-state index is -0.458. The van der Waals surface area contributed by atoms with Crippen LogP contribution in [-0.2, 0) is 6.54 Å². The van der Waals surface area contributed by atoms with E-state index < -0.39 is 6.10 Å². The number of aliphatic hydroxyl groups is 1. The molecule has 2 aromatic rings. The molecule has 1 aliphatic rings. The standard InChI is InChI=1S/C19H23ClN4O2/c1-12-6-7-14(18(26)24-15-4-2-3-5-17(15)25)8-16(12)21-9-13-10-22-19(20)23-11-13/h6-8,10-11,15,17,21,25H,2-5,9H2,1H3,(H,24,26)/t15-,17-/m0/s1. The first kappa shape index (κ1) is 18.6. The van der Waals surface area contributed by atoms with E-state index in [0.29, 0.717) is 12.1 Å². The van der Waals surface area contributed by atoms with Gasteiger partial charge < -0.3 is 15.7 Å². The van der Waals surface area contributed by atoms with Crippen LogP contribution >= 0.6 is 11.6 Å². The van der Waals surface area contributed by atoms with Gasteiger partial charge in [0, 0.05) is 35.8 Å². The van der Waals surface area contributed by atoms with Gasteiger partial charge in [-0.05, 0) is 49.1 Å². The highest BCUT2D eigenvalue weighted by Gasteiger charge is 2.24. The Labute approximate surface area is 158 Å². The Balaban J connectivity index is 1.66. The zero-order chi connectivity index (χ0) is 18.5. The van der Waals surface area contributed by atoms with Crippen molar-refractivity contribution in [3.8, 4) is 0 Å². The first-order valence-corrected chi connectivity index (χ1v) is 9.20. The van der Waals surface area contributed by atoms with E-state index in [4.69, 9.17) is 11.6 Å². The maximum atomic E-state index is 12.5. The summed E-state index contributed by atoms with van der Waals surface area (Å²) in [5.74, 6) is -0.158. The zero-order valence-electron chi connectivity index (χ0n) is 14.7. The van der Waals surface area contributed by atoms with Crippen molar-refractivity contribution in [3.05, 3.63) is 52.6 Å². The lowest BCUT2D eigenvalue weighted by Gasteiger charge is -2.28.